The van der Waals surface area contributed by atoms with Crippen LogP contribution in [0.2, 0.25) is 5.02 Å². The highest BCUT2D eigenvalue weighted by Crippen LogP contribution is 2.19. The SMILES string of the molecule is CCOC(=O)CC[C@@H](NC(=O)c1ccc(N)cc1Cl)C(=O)OCC. The van der Waals surface area contributed by atoms with Crippen molar-refractivity contribution in [3.05, 3.63) is 28.8 Å². The second kappa shape index (κ2) is 9.77. The molecule has 1 atom stereocenters. The molecule has 0 heterocycles. The fourth-order valence-corrected chi connectivity index (χ4v) is 2.21. The van der Waals surface area contributed by atoms with Gasteiger partial charge in [-0.15, -0.1) is 0 Å². The second-order valence-electron chi connectivity index (χ2n) is 4.86. The minimum atomic E-state index is -0.976. The van der Waals surface area contributed by atoms with E-state index in [1.165, 1.54) is 18.2 Å². The summed E-state index contributed by atoms with van der Waals surface area (Å²) in [6.45, 7) is 3.74. The van der Waals surface area contributed by atoms with Crippen molar-refractivity contribution in [2.24, 2.45) is 0 Å². The van der Waals surface area contributed by atoms with Gasteiger partial charge in [-0.05, 0) is 38.5 Å². The number of anilines is 1. The van der Waals surface area contributed by atoms with E-state index in [0.29, 0.717) is 5.69 Å². The molecule has 7 nitrogen and oxygen atoms in total. The van der Waals surface area contributed by atoms with Crippen LogP contribution in [-0.2, 0) is 19.1 Å². The van der Waals surface area contributed by atoms with E-state index in [4.69, 9.17) is 26.8 Å². The maximum absolute atomic E-state index is 12.3. The van der Waals surface area contributed by atoms with Crippen LogP contribution in [0.15, 0.2) is 18.2 Å². The molecule has 1 rings (SSSR count). The molecule has 1 amide bonds. The average molecular weight is 357 g/mol. The van der Waals surface area contributed by atoms with E-state index in [9.17, 15) is 14.4 Å². The summed E-state index contributed by atoms with van der Waals surface area (Å²) in [4.78, 5) is 35.7. The number of nitrogens with two attached hydrogens (primary N) is 1. The highest BCUT2D eigenvalue weighted by Gasteiger charge is 2.24. The van der Waals surface area contributed by atoms with Crippen LogP contribution >= 0.6 is 11.6 Å². The van der Waals surface area contributed by atoms with E-state index in [1.54, 1.807) is 13.8 Å². The molecule has 0 spiro atoms. The third-order valence-corrected chi connectivity index (χ3v) is 3.37. The normalized spacial score (nSPS) is 11.5. The summed E-state index contributed by atoms with van der Waals surface area (Å²) >= 11 is 5.99. The summed E-state index contributed by atoms with van der Waals surface area (Å²) in [6.07, 6.45) is 0.0447. The van der Waals surface area contributed by atoms with E-state index in [1.807, 2.05) is 0 Å². The highest BCUT2D eigenvalue weighted by atomic mass is 35.5. The van der Waals surface area contributed by atoms with Gasteiger partial charge in [0.05, 0.1) is 23.8 Å². The quantitative estimate of drug-likeness (QED) is 0.544. The second-order valence-corrected chi connectivity index (χ2v) is 5.27. The van der Waals surface area contributed by atoms with Gasteiger partial charge in [-0.25, -0.2) is 4.79 Å². The van der Waals surface area contributed by atoms with Crippen molar-refractivity contribution in [2.45, 2.75) is 32.7 Å². The van der Waals surface area contributed by atoms with Crippen LogP contribution in [0.1, 0.15) is 37.0 Å². The van der Waals surface area contributed by atoms with Gasteiger partial charge in [0.2, 0.25) is 0 Å². The molecule has 0 unspecified atom stereocenters. The zero-order chi connectivity index (χ0) is 18.1. The van der Waals surface area contributed by atoms with Crippen LogP contribution in [-0.4, -0.2) is 37.1 Å². The average Bonchev–Trinajstić information content (AvgIpc) is 2.51. The van der Waals surface area contributed by atoms with Gasteiger partial charge in [0.1, 0.15) is 6.04 Å². The minimum absolute atomic E-state index is 0.0208. The minimum Gasteiger partial charge on any atom is -0.466 e. The lowest BCUT2D eigenvalue weighted by atomic mass is 10.1. The van der Waals surface area contributed by atoms with E-state index in [0.717, 1.165) is 0 Å². The Morgan fingerprint density at radius 1 is 1.21 bits per heavy atom. The lowest BCUT2D eigenvalue weighted by molar-refractivity contribution is -0.146. The number of ether oxygens (including phenoxy) is 2. The van der Waals surface area contributed by atoms with Gasteiger partial charge in [-0.1, -0.05) is 11.6 Å². The lowest BCUT2D eigenvalue weighted by Gasteiger charge is -2.17. The van der Waals surface area contributed by atoms with E-state index in [-0.39, 0.29) is 36.6 Å². The first-order chi connectivity index (χ1) is 11.4. The molecular weight excluding hydrogens is 336 g/mol. The topological polar surface area (TPSA) is 108 Å². The molecule has 0 bridgehead atoms. The van der Waals surface area contributed by atoms with Gasteiger partial charge < -0.3 is 20.5 Å². The highest BCUT2D eigenvalue weighted by molar-refractivity contribution is 6.34. The molecule has 132 valence electrons. The predicted octanol–water partition coefficient (Wildman–Crippen LogP) is 1.93. The van der Waals surface area contributed by atoms with Gasteiger partial charge in [0, 0.05) is 12.1 Å². The maximum atomic E-state index is 12.3. The summed E-state index contributed by atoms with van der Waals surface area (Å²) < 4.78 is 9.74. The Bertz CT molecular complexity index is 606. The largest absolute Gasteiger partial charge is 0.466 e. The molecule has 0 saturated carbocycles. The van der Waals surface area contributed by atoms with Crippen LogP contribution in [0.5, 0.6) is 0 Å². The molecule has 1 aromatic carbocycles. The summed E-state index contributed by atoms with van der Waals surface area (Å²) in [5, 5.41) is 2.70. The first-order valence-corrected chi connectivity index (χ1v) is 7.94. The number of nitrogens with one attached hydrogen (secondary N) is 1. The number of rotatable bonds is 8. The first-order valence-electron chi connectivity index (χ1n) is 7.57. The Hall–Kier alpha value is -2.28. The number of carbonyl (C=O) groups excluding carboxylic acids is 3. The van der Waals surface area contributed by atoms with E-state index < -0.39 is 23.9 Å². The Kier molecular flexibility index (Phi) is 8.05. The van der Waals surface area contributed by atoms with Gasteiger partial charge >= 0.3 is 11.9 Å². The Balaban J connectivity index is 2.81. The molecular formula is C16H21ClN2O5. The van der Waals surface area contributed by atoms with Crippen molar-refractivity contribution in [3.63, 3.8) is 0 Å². The standard InChI is InChI=1S/C16H21ClN2O5/c1-3-23-14(20)8-7-13(16(22)24-4-2)19-15(21)11-6-5-10(18)9-12(11)17/h5-6,9,13H,3-4,7-8,18H2,1-2H3,(H,19,21)/t13-/m1/s1. The van der Waals surface area contributed by atoms with E-state index in [2.05, 4.69) is 5.32 Å². The van der Waals surface area contributed by atoms with Crippen molar-refractivity contribution in [2.75, 3.05) is 18.9 Å². The van der Waals surface area contributed by atoms with Crippen LogP contribution in [0.25, 0.3) is 0 Å². The van der Waals surface area contributed by atoms with Crippen LogP contribution in [0, 0.1) is 0 Å². The number of esters is 2. The van der Waals surface area contributed by atoms with Crippen molar-refractivity contribution in [1.29, 1.82) is 0 Å². The van der Waals surface area contributed by atoms with Crippen molar-refractivity contribution >= 4 is 35.1 Å². The number of hydrogen-bond acceptors (Lipinski definition) is 6. The van der Waals surface area contributed by atoms with Gasteiger partial charge in [-0.2, -0.15) is 0 Å². The Morgan fingerprint density at radius 2 is 1.88 bits per heavy atom. The summed E-state index contributed by atoms with van der Waals surface area (Å²) in [6, 6.07) is 3.45. The number of amides is 1. The third-order valence-electron chi connectivity index (χ3n) is 3.06. The summed E-state index contributed by atoms with van der Waals surface area (Å²) in [5.74, 6) is -1.63. The predicted molar refractivity (Wildman–Crippen MR) is 89.6 cm³/mol. The Labute approximate surface area is 145 Å². The van der Waals surface area contributed by atoms with Crippen LogP contribution < -0.4 is 11.1 Å². The number of nitrogen functional groups attached to an aromatic ring is 1. The summed E-state index contributed by atoms with van der Waals surface area (Å²) in [7, 11) is 0. The van der Waals surface area contributed by atoms with Gasteiger partial charge in [0.25, 0.3) is 5.91 Å². The van der Waals surface area contributed by atoms with Crippen LogP contribution in [0.3, 0.4) is 0 Å². The first kappa shape index (κ1) is 19.8. The molecule has 0 aliphatic rings. The van der Waals surface area contributed by atoms with Crippen molar-refractivity contribution in [3.8, 4) is 0 Å². The molecule has 1 aromatic rings. The molecule has 3 N–H and O–H groups in total. The zero-order valence-corrected chi connectivity index (χ0v) is 14.4. The third kappa shape index (κ3) is 6.08. The number of carbonyl (C=O) groups is 3. The molecule has 0 radical (unpaired) electrons. The smallest absolute Gasteiger partial charge is 0.328 e. The van der Waals surface area contributed by atoms with Crippen LogP contribution in [0.4, 0.5) is 5.69 Å². The molecule has 0 saturated heterocycles. The monoisotopic (exact) mass is 356 g/mol. The number of benzene rings is 1. The van der Waals surface area contributed by atoms with Crippen molar-refractivity contribution < 1.29 is 23.9 Å². The maximum Gasteiger partial charge on any atom is 0.328 e. The molecule has 24 heavy (non-hydrogen) atoms. The Morgan fingerprint density at radius 3 is 2.46 bits per heavy atom. The number of halogens is 1. The molecule has 0 aliphatic carbocycles. The van der Waals surface area contributed by atoms with Gasteiger partial charge in [-0.3, -0.25) is 9.59 Å². The van der Waals surface area contributed by atoms with Gasteiger partial charge in [0.15, 0.2) is 0 Å². The fraction of sp³-hybridized carbons (Fsp3) is 0.438. The molecule has 0 aliphatic heterocycles. The lowest BCUT2D eigenvalue weighted by Crippen LogP contribution is -2.42. The zero-order valence-electron chi connectivity index (χ0n) is 13.6. The summed E-state index contributed by atoms with van der Waals surface area (Å²) in [5.41, 5.74) is 6.18. The van der Waals surface area contributed by atoms with Crippen molar-refractivity contribution in [1.82, 2.24) is 5.32 Å². The molecule has 8 heteroatoms. The molecule has 0 fully saturated rings. The molecule has 0 aromatic heterocycles. The van der Waals surface area contributed by atoms with E-state index >= 15 is 0 Å². The number of hydrogen-bond donors (Lipinski definition) is 2. The fourth-order valence-electron chi connectivity index (χ4n) is 1.94.